The first-order valence-corrected chi connectivity index (χ1v) is 8.14. The number of ether oxygens (including phenoxy) is 2. The van der Waals surface area contributed by atoms with Crippen molar-refractivity contribution in [2.24, 2.45) is 4.99 Å². The number of aliphatic imine (C=N–C) groups is 1. The van der Waals surface area contributed by atoms with Crippen LogP contribution in [0.1, 0.15) is 5.56 Å². The van der Waals surface area contributed by atoms with E-state index in [0.717, 1.165) is 11.3 Å². The first-order chi connectivity index (χ1) is 12.5. The third-order valence-corrected chi connectivity index (χ3v) is 3.82. The van der Waals surface area contributed by atoms with Crippen LogP contribution < -0.4 is 25.0 Å². The van der Waals surface area contributed by atoms with Crippen LogP contribution in [0, 0.1) is 5.82 Å². The molecule has 0 bridgehead atoms. The number of hydrogen-bond acceptors (Lipinski definition) is 4. The molecule has 0 aliphatic heterocycles. The van der Waals surface area contributed by atoms with Crippen LogP contribution in [0.3, 0.4) is 0 Å². The Bertz CT molecular complexity index is 784. The van der Waals surface area contributed by atoms with E-state index in [9.17, 15) is 4.39 Å². The third kappa shape index (κ3) is 6.16. The largest absolute Gasteiger partial charge is 0.493 e. The molecule has 0 heterocycles. The minimum Gasteiger partial charge on any atom is -0.493 e. The molecule has 0 spiro atoms. The monoisotopic (exact) mass is 488 g/mol. The summed E-state index contributed by atoms with van der Waals surface area (Å²) in [5.74, 6) is 1.58. The fraction of sp³-hybridized carbons (Fsp3) is 0.316. The van der Waals surface area contributed by atoms with Gasteiger partial charge in [-0.05, 0) is 29.8 Å². The number of rotatable bonds is 6. The maximum Gasteiger partial charge on any atom is 0.195 e. The average molecular weight is 488 g/mol. The molecule has 6 nitrogen and oxygen atoms in total. The van der Waals surface area contributed by atoms with E-state index < -0.39 is 0 Å². The normalized spacial score (nSPS) is 10.7. The zero-order valence-corrected chi connectivity index (χ0v) is 18.5. The van der Waals surface area contributed by atoms with Gasteiger partial charge in [-0.25, -0.2) is 4.39 Å². The van der Waals surface area contributed by atoms with Crippen molar-refractivity contribution in [2.75, 3.05) is 45.6 Å². The lowest BCUT2D eigenvalue weighted by molar-refractivity contribution is 0.355. The molecular formula is C19H26FIN4O2. The van der Waals surface area contributed by atoms with Crippen LogP contribution in [0.5, 0.6) is 11.5 Å². The fourth-order valence-corrected chi connectivity index (χ4v) is 2.44. The quantitative estimate of drug-likeness (QED) is 0.369. The second-order valence-electron chi connectivity index (χ2n) is 5.80. The van der Waals surface area contributed by atoms with E-state index in [1.807, 2.05) is 38.4 Å². The van der Waals surface area contributed by atoms with E-state index in [0.29, 0.717) is 29.7 Å². The van der Waals surface area contributed by atoms with Crippen LogP contribution >= 0.6 is 24.0 Å². The highest BCUT2D eigenvalue weighted by Gasteiger charge is 2.08. The van der Waals surface area contributed by atoms with E-state index in [1.54, 1.807) is 32.2 Å². The molecule has 0 aliphatic rings. The smallest absolute Gasteiger partial charge is 0.195 e. The van der Waals surface area contributed by atoms with E-state index in [-0.39, 0.29) is 29.8 Å². The van der Waals surface area contributed by atoms with Crippen LogP contribution in [0.4, 0.5) is 15.8 Å². The summed E-state index contributed by atoms with van der Waals surface area (Å²) in [6.45, 7) is 0.442. The molecule has 0 saturated carbocycles. The summed E-state index contributed by atoms with van der Waals surface area (Å²) < 4.78 is 24.6. The lowest BCUT2D eigenvalue weighted by atomic mass is 10.2. The second kappa shape index (κ2) is 10.8. The van der Waals surface area contributed by atoms with Gasteiger partial charge >= 0.3 is 0 Å². The Hall–Kier alpha value is -2.23. The number of nitrogens with zero attached hydrogens (tertiary/aromatic N) is 2. The molecule has 8 heteroatoms. The molecule has 148 valence electrons. The molecule has 0 saturated heterocycles. The number of hydrogen-bond donors (Lipinski definition) is 2. The van der Waals surface area contributed by atoms with Crippen LogP contribution in [0.2, 0.25) is 0 Å². The SMILES string of the molecule is CN=C(NCc1ccc(N(C)C)c(F)c1)Nc1ccc(OC)c(OC)c1.I. The van der Waals surface area contributed by atoms with Crippen LogP contribution in [0.25, 0.3) is 0 Å². The standard InChI is InChI=1S/C19H25FN4O2.HI/c1-21-19(23-14-7-9-17(25-4)18(11-14)26-5)22-12-13-6-8-16(24(2)3)15(20)10-13;/h6-11H,12H2,1-5H3,(H2,21,22,23);1H. The van der Waals surface area contributed by atoms with E-state index >= 15 is 0 Å². The van der Waals surface area contributed by atoms with Crippen molar-refractivity contribution in [1.29, 1.82) is 0 Å². The van der Waals surface area contributed by atoms with Crippen molar-refractivity contribution >= 4 is 41.3 Å². The number of nitrogens with one attached hydrogen (secondary N) is 2. The molecular weight excluding hydrogens is 462 g/mol. The summed E-state index contributed by atoms with van der Waals surface area (Å²) in [5.41, 5.74) is 2.18. The summed E-state index contributed by atoms with van der Waals surface area (Å²) in [6.07, 6.45) is 0. The zero-order chi connectivity index (χ0) is 19.1. The molecule has 0 aromatic heterocycles. The Morgan fingerprint density at radius 3 is 2.33 bits per heavy atom. The summed E-state index contributed by atoms with van der Waals surface area (Å²) in [7, 11) is 8.47. The third-order valence-electron chi connectivity index (χ3n) is 3.82. The van der Waals surface area contributed by atoms with Crippen molar-refractivity contribution in [1.82, 2.24) is 5.32 Å². The molecule has 27 heavy (non-hydrogen) atoms. The summed E-state index contributed by atoms with van der Waals surface area (Å²) >= 11 is 0. The van der Waals surface area contributed by atoms with Gasteiger partial charge in [0, 0.05) is 39.4 Å². The number of halogens is 2. The highest BCUT2D eigenvalue weighted by Crippen LogP contribution is 2.29. The Morgan fingerprint density at radius 2 is 1.78 bits per heavy atom. The summed E-state index contributed by atoms with van der Waals surface area (Å²) in [4.78, 5) is 5.93. The van der Waals surface area contributed by atoms with Gasteiger partial charge in [-0.3, -0.25) is 4.99 Å². The Balaban J connectivity index is 0.00000364. The van der Waals surface area contributed by atoms with Crippen molar-refractivity contribution in [3.63, 3.8) is 0 Å². The van der Waals surface area contributed by atoms with Gasteiger partial charge < -0.3 is 25.0 Å². The first-order valence-electron chi connectivity index (χ1n) is 8.14. The van der Waals surface area contributed by atoms with Crippen molar-refractivity contribution in [2.45, 2.75) is 6.54 Å². The molecule has 0 atom stereocenters. The van der Waals surface area contributed by atoms with Crippen LogP contribution in [-0.4, -0.2) is 41.3 Å². The van der Waals surface area contributed by atoms with Gasteiger partial charge in [0.15, 0.2) is 17.5 Å². The molecule has 0 amide bonds. The van der Waals surface area contributed by atoms with Crippen LogP contribution in [0.15, 0.2) is 41.4 Å². The zero-order valence-electron chi connectivity index (χ0n) is 16.2. The number of benzene rings is 2. The predicted molar refractivity (Wildman–Crippen MR) is 120 cm³/mol. The van der Waals surface area contributed by atoms with Gasteiger partial charge in [-0.1, -0.05) is 6.07 Å². The molecule has 0 unspecified atom stereocenters. The molecule has 0 radical (unpaired) electrons. The molecule has 0 aliphatic carbocycles. The predicted octanol–water partition coefficient (Wildman–Crippen LogP) is 3.71. The molecule has 2 aromatic rings. The highest BCUT2D eigenvalue weighted by atomic mass is 127. The van der Waals surface area contributed by atoms with Crippen LogP contribution in [-0.2, 0) is 6.54 Å². The molecule has 2 N–H and O–H groups in total. The molecule has 2 aromatic carbocycles. The van der Waals surface area contributed by atoms with E-state index in [2.05, 4.69) is 15.6 Å². The van der Waals surface area contributed by atoms with Gasteiger partial charge in [-0.15, -0.1) is 24.0 Å². The molecule has 0 fully saturated rings. The van der Waals surface area contributed by atoms with E-state index in [1.165, 1.54) is 6.07 Å². The van der Waals surface area contributed by atoms with Crippen molar-refractivity contribution < 1.29 is 13.9 Å². The van der Waals surface area contributed by atoms with Crippen molar-refractivity contribution in [3.8, 4) is 11.5 Å². The number of methoxy groups -OCH3 is 2. The summed E-state index contributed by atoms with van der Waals surface area (Å²) in [5, 5.41) is 6.33. The lowest BCUT2D eigenvalue weighted by Crippen LogP contribution is -2.30. The number of anilines is 2. The Labute approximate surface area is 176 Å². The maximum absolute atomic E-state index is 14.1. The maximum atomic E-state index is 14.1. The molecule has 2 rings (SSSR count). The van der Waals surface area contributed by atoms with Gasteiger partial charge in [-0.2, -0.15) is 0 Å². The van der Waals surface area contributed by atoms with Gasteiger partial charge in [0.05, 0.1) is 19.9 Å². The Morgan fingerprint density at radius 1 is 1.07 bits per heavy atom. The van der Waals surface area contributed by atoms with Gasteiger partial charge in [0.2, 0.25) is 0 Å². The van der Waals surface area contributed by atoms with E-state index in [4.69, 9.17) is 9.47 Å². The topological polar surface area (TPSA) is 58.1 Å². The van der Waals surface area contributed by atoms with Gasteiger partial charge in [0.1, 0.15) is 5.82 Å². The second-order valence-corrected chi connectivity index (χ2v) is 5.80. The Kier molecular flexibility index (Phi) is 9.13. The minimum atomic E-state index is -0.253. The minimum absolute atomic E-state index is 0. The highest BCUT2D eigenvalue weighted by molar-refractivity contribution is 14.0. The summed E-state index contributed by atoms with van der Waals surface area (Å²) in [6, 6.07) is 10.7. The lowest BCUT2D eigenvalue weighted by Gasteiger charge is -2.16. The fourth-order valence-electron chi connectivity index (χ4n) is 2.44. The van der Waals surface area contributed by atoms with Crippen molar-refractivity contribution in [3.05, 3.63) is 47.8 Å². The first kappa shape index (κ1) is 22.8. The average Bonchev–Trinajstić information content (AvgIpc) is 2.64. The van der Waals surface area contributed by atoms with Gasteiger partial charge in [0.25, 0.3) is 0 Å². The number of guanidine groups is 1.